The maximum Gasteiger partial charge on any atom is 0.227 e. The number of methoxy groups -OCH3 is 1. The molecule has 1 atom stereocenters. The van der Waals surface area contributed by atoms with Crippen LogP contribution in [0.4, 0.5) is 0 Å². The van der Waals surface area contributed by atoms with Gasteiger partial charge in [-0.25, -0.2) is 4.98 Å². The number of carbonyl (C=O) groups excluding carboxylic acids is 1. The zero-order valence-electron chi connectivity index (χ0n) is 14.9. The van der Waals surface area contributed by atoms with Crippen LogP contribution in [0.3, 0.4) is 0 Å². The van der Waals surface area contributed by atoms with E-state index in [1.165, 1.54) is 0 Å². The van der Waals surface area contributed by atoms with Gasteiger partial charge in [0.05, 0.1) is 31.5 Å². The molecule has 1 N–H and O–H groups in total. The Kier molecular flexibility index (Phi) is 4.24. The Bertz CT molecular complexity index is 964. The highest BCUT2D eigenvalue weighted by Crippen LogP contribution is 2.31. The monoisotopic (exact) mass is 351 g/mol. The summed E-state index contributed by atoms with van der Waals surface area (Å²) in [5.41, 5.74) is 4.01. The van der Waals surface area contributed by atoms with Crippen molar-refractivity contribution < 1.29 is 14.3 Å². The number of fused-ring (bicyclic) bond motifs is 2. The van der Waals surface area contributed by atoms with E-state index in [2.05, 4.69) is 10.3 Å². The average molecular weight is 351 g/mol. The Morgan fingerprint density at radius 2 is 2.31 bits per heavy atom. The number of amides is 1. The van der Waals surface area contributed by atoms with Gasteiger partial charge < -0.3 is 19.2 Å². The van der Waals surface area contributed by atoms with Crippen molar-refractivity contribution in [1.82, 2.24) is 14.7 Å². The normalized spacial score (nSPS) is 16.0. The van der Waals surface area contributed by atoms with Gasteiger partial charge in [-0.15, -0.1) is 0 Å². The van der Waals surface area contributed by atoms with E-state index in [1.807, 2.05) is 54.0 Å². The molecule has 3 aromatic rings. The van der Waals surface area contributed by atoms with E-state index in [1.54, 1.807) is 7.11 Å². The average Bonchev–Trinajstić information content (AvgIpc) is 3.09. The highest BCUT2D eigenvalue weighted by molar-refractivity contribution is 5.79. The molecule has 0 unspecified atom stereocenters. The van der Waals surface area contributed by atoms with Crippen LogP contribution in [0, 0.1) is 12.8 Å². The number of hydrogen-bond donors (Lipinski definition) is 1. The lowest BCUT2D eigenvalue weighted by Gasteiger charge is -2.25. The molecule has 134 valence electrons. The summed E-state index contributed by atoms with van der Waals surface area (Å²) < 4.78 is 13.0. The fraction of sp³-hybridized carbons (Fsp3) is 0.300. The molecule has 1 aliphatic heterocycles. The molecule has 0 bridgehead atoms. The Morgan fingerprint density at radius 1 is 1.42 bits per heavy atom. The van der Waals surface area contributed by atoms with Crippen LogP contribution in [0.25, 0.3) is 5.65 Å². The molecule has 1 aliphatic rings. The molecule has 6 nitrogen and oxygen atoms in total. The Balaban J connectivity index is 1.43. The van der Waals surface area contributed by atoms with Crippen molar-refractivity contribution in [2.24, 2.45) is 5.92 Å². The maximum absolute atomic E-state index is 12.6. The molecular formula is C20H21N3O3. The number of benzene rings is 1. The number of hydrogen-bond acceptors (Lipinski definition) is 4. The molecule has 4 rings (SSSR count). The molecule has 26 heavy (non-hydrogen) atoms. The summed E-state index contributed by atoms with van der Waals surface area (Å²) in [4.78, 5) is 17.0. The van der Waals surface area contributed by atoms with Crippen LogP contribution >= 0.6 is 0 Å². The summed E-state index contributed by atoms with van der Waals surface area (Å²) >= 11 is 0. The van der Waals surface area contributed by atoms with Gasteiger partial charge in [-0.3, -0.25) is 4.79 Å². The Hall–Kier alpha value is -3.02. The molecule has 0 saturated heterocycles. The Labute approximate surface area is 151 Å². The van der Waals surface area contributed by atoms with E-state index in [9.17, 15) is 4.79 Å². The van der Waals surface area contributed by atoms with Crippen molar-refractivity contribution >= 4 is 11.6 Å². The first-order chi connectivity index (χ1) is 12.7. The molecule has 6 heteroatoms. The molecule has 0 spiro atoms. The lowest BCUT2D eigenvalue weighted by atomic mass is 9.96. The van der Waals surface area contributed by atoms with E-state index < -0.39 is 0 Å². The van der Waals surface area contributed by atoms with Gasteiger partial charge in [0, 0.05) is 12.3 Å². The molecule has 2 aromatic heterocycles. The highest BCUT2D eigenvalue weighted by Gasteiger charge is 2.26. The van der Waals surface area contributed by atoms with Crippen LogP contribution in [0.1, 0.15) is 16.8 Å². The number of rotatable bonds is 4. The topological polar surface area (TPSA) is 64.9 Å². The van der Waals surface area contributed by atoms with Gasteiger partial charge in [0.15, 0.2) is 0 Å². The van der Waals surface area contributed by atoms with E-state index in [0.29, 0.717) is 19.6 Å². The van der Waals surface area contributed by atoms with Crippen LogP contribution in [-0.4, -0.2) is 29.0 Å². The number of pyridine rings is 1. The molecular weight excluding hydrogens is 330 g/mol. The molecule has 1 aromatic carbocycles. The predicted molar refractivity (Wildman–Crippen MR) is 97.5 cm³/mol. The van der Waals surface area contributed by atoms with Crippen molar-refractivity contribution in [1.29, 1.82) is 0 Å². The van der Waals surface area contributed by atoms with Gasteiger partial charge in [-0.2, -0.15) is 0 Å². The van der Waals surface area contributed by atoms with Crippen LogP contribution < -0.4 is 14.8 Å². The smallest absolute Gasteiger partial charge is 0.227 e. The van der Waals surface area contributed by atoms with E-state index in [-0.39, 0.29) is 11.8 Å². The van der Waals surface area contributed by atoms with Gasteiger partial charge in [-0.1, -0.05) is 12.1 Å². The predicted octanol–water partition coefficient (Wildman–Crippen LogP) is 2.52. The number of ether oxygens (including phenoxy) is 2. The second kappa shape index (κ2) is 6.71. The van der Waals surface area contributed by atoms with Crippen LogP contribution in [0.15, 0.2) is 42.7 Å². The lowest BCUT2D eigenvalue weighted by molar-refractivity contribution is -0.126. The fourth-order valence-electron chi connectivity index (χ4n) is 3.30. The minimum absolute atomic E-state index is 0.00549. The van der Waals surface area contributed by atoms with Crippen molar-refractivity contribution in [2.75, 3.05) is 13.7 Å². The van der Waals surface area contributed by atoms with Crippen molar-refractivity contribution in [3.8, 4) is 11.5 Å². The quantitative estimate of drug-likeness (QED) is 0.784. The van der Waals surface area contributed by atoms with Crippen LogP contribution in [0.2, 0.25) is 0 Å². The fourth-order valence-corrected chi connectivity index (χ4v) is 3.30. The number of aryl methyl sites for hydroxylation is 1. The first kappa shape index (κ1) is 16.4. The first-order valence-electron chi connectivity index (χ1n) is 8.64. The lowest BCUT2D eigenvalue weighted by Crippen LogP contribution is -2.37. The first-order valence-corrected chi connectivity index (χ1v) is 8.64. The number of nitrogens with zero attached hydrogens (tertiary/aromatic N) is 2. The number of imidazole rings is 1. The number of nitrogens with one attached hydrogen (secondary N) is 1. The van der Waals surface area contributed by atoms with Crippen molar-refractivity contribution in [2.45, 2.75) is 19.9 Å². The summed E-state index contributed by atoms with van der Waals surface area (Å²) in [6, 6.07) is 9.72. The molecule has 0 saturated carbocycles. The van der Waals surface area contributed by atoms with Gasteiger partial charge in [-0.05, 0) is 36.6 Å². The molecule has 0 radical (unpaired) electrons. The molecule has 0 fully saturated rings. The van der Waals surface area contributed by atoms with Crippen molar-refractivity contribution in [3.63, 3.8) is 0 Å². The van der Waals surface area contributed by atoms with Crippen LogP contribution in [0.5, 0.6) is 11.5 Å². The Morgan fingerprint density at radius 3 is 3.15 bits per heavy atom. The summed E-state index contributed by atoms with van der Waals surface area (Å²) in [5.74, 6) is 1.35. The maximum atomic E-state index is 12.6. The van der Waals surface area contributed by atoms with Crippen molar-refractivity contribution in [3.05, 3.63) is 59.5 Å². The highest BCUT2D eigenvalue weighted by atomic mass is 16.5. The van der Waals surface area contributed by atoms with E-state index >= 15 is 0 Å². The second-order valence-electron chi connectivity index (χ2n) is 6.54. The van der Waals surface area contributed by atoms with Gasteiger partial charge in [0.25, 0.3) is 0 Å². The number of aromatic nitrogens is 2. The largest absolute Gasteiger partial charge is 0.497 e. The molecule has 0 aliphatic carbocycles. The summed E-state index contributed by atoms with van der Waals surface area (Å²) in [5, 5.41) is 3.02. The van der Waals surface area contributed by atoms with E-state index in [4.69, 9.17) is 9.47 Å². The van der Waals surface area contributed by atoms with Gasteiger partial charge in [0.1, 0.15) is 23.8 Å². The standard InChI is InChI=1S/C20H21N3O3/c1-13-4-3-7-23-16(10-21-19(13)23)11-22-20(24)15-8-14-5-6-17(25-2)9-18(14)26-12-15/h3-7,9-10,15H,8,11-12H2,1-2H3,(H,22,24)/t15-/m0/s1. The SMILES string of the molecule is COc1ccc2c(c1)OC[C@@H](C(=O)NCc1cnc3c(C)cccn13)C2. The summed E-state index contributed by atoms with van der Waals surface area (Å²) in [6.45, 7) is 2.84. The van der Waals surface area contributed by atoms with Gasteiger partial charge >= 0.3 is 0 Å². The third-order valence-corrected chi connectivity index (χ3v) is 4.80. The minimum Gasteiger partial charge on any atom is -0.497 e. The van der Waals surface area contributed by atoms with Gasteiger partial charge in [0.2, 0.25) is 5.91 Å². The molecule has 1 amide bonds. The molecule has 3 heterocycles. The third-order valence-electron chi connectivity index (χ3n) is 4.80. The third kappa shape index (κ3) is 2.98. The van der Waals surface area contributed by atoms with Crippen LogP contribution in [-0.2, 0) is 17.8 Å². The minimum atomic E-state index is -0.197. The zero-order valence-corrected chi connectivity index (χ0v) is 14.9. The number of carbonyl (C=O) groups is 1. The zero-order chi connectivity index (χ0) is 18.1. The second-order valence-corrected chi connectivity index (χ2v) is 6.54. The summed E-state index contributed by atoms with van der Waals surface area (Å²) in [6.07, 6.45) is 4.43. The van der Waals surface area contributed by atoms with E-state index in [0.717, 1.165) is 34.0 Å². The summed E-state index contributed by atoms with van der Waals surface area (Å²) in [7, 11) is 1.63.